The van der Waals surface area contributed by atoms with Gasteiger partial charge in [-0.1, -0.05) is 31.5 Å². The summed E-state index contributed by atoms with van der Waals surface area (Å²) in [5, 5.41) is 17.3. The molecule has 1 saturated heterocycles. The van der Waals surface area contributed by atoms with Crippen LogP contribution in [0.15, 0.2) is 23.2 Å². The lowest BCUT2D eigenvalue weighted by Crippen LogP contribution is -2.47. The Bertz CT molecular complexity index is 618. The third-order valence-electron chi connectivity index (χ3n) is 4.30. The van der Waals surface area contributed by atoms with Crippen molar-refractivity contribution < 1.29 is 9.50 Å². The van der Waals surface area contributed by atoms with Crippen LogP contribution in [-0.4, -0.2) is 47.8 Å². The summed E-state index contributed by atoms with van der Waals surface area (Å²) in [7, 11) is 0. The molecule has 0 aromatic heterocycles. The molecule has 0 amide bonds. The first-order chi connectivity index (χ1) is 11.8. The minimum absolute atomic E-state index is 0.340. The first kappa shape index (κ1) is 20.3. The minimum atomic E-state index is -0.670. The smallest absolute Gasteiger partial charge is 0.191 e. The SMILES string of the molecule is CCNC(=NCC(C)(C)c1ccc(F)cc1Cl)NCC1(O)CCSC1. The minimum Gasteiger partial charge on any atom is -0.387 e. The molecule has 1 aliphatic rings. The predicted molar refractivity (Wildman–Crippen MR) is 105 cm³/mol. The normalized spacial score (nSPS) is 21.4. The van der Waals surface area contributed by atoms with Crippen LogP contribution in [0.25, 0.3) is 0 Å². The van der Waals surface area contributed by atoms with E-state index in [4.69, 9.17) is 11.6 Å². The van der Waals surface area contributed by atoms with E-state index in [1.54, 1.807) is 17.8 Å². The maximum Gasteiger partial charge on any atom is 0.191 e. The monoisotopic (exact) mass is 387 g/mol. The zero-order valence-corrected chi connectivity index (χ0v) is 16.6. The van der Waals surface area contributed by atoms with E-state index in [1.165, 1.54) is 12.1 Å². The van der Waals surface area contributed by atoms with Crippen molar-refractivity contribution in [2.45, 2.75) is 38.2 Å². The average Bonchev–Trinajstić information content (AvgIpc) is 2.97. The number of nitrogens with one attached hydrogen (secondary N) is 2. The maximum atomic E-state index is 13.3. The Morgan fingerprint density at radius 1 is 1.44 bits per heavy atom. The fourth-order valence-electron chi connectivity index (χ4n) is 2.73. The highest BCUT2D eigenvalue weighted by Crippen LogP contribution is 2.31. The van der Waals surface area contributed by atoms with E-state index in [0.29, 0.717) is 24.1 Å². The summed E-state index contributed by atoms with van der Waals surface area (Å²) in [5.41, 5.74) is -0.148. The third-order valence-corrected chi connectivity index (χ3v) is 5.85. The summed E-state index contributed by atoms with van der Waals surface area (Å²) in [5.74, 6) is 2.06. The van der Waals surface area contributed by atoms with Crippen molar-refractivity contribution in [2.24, 2.45) is 4.99 Å². The van der Waals surface area contributed by atoms with E-state index in [9.17, 15) is 9.50 Å². The van der Waals surface area contributed by atoms with Gasteiger partial charge in [-0.3, -0.25) is 4.99 Å². The molecule has 1 aliphatic heterocycles. The van der Waals surface area contributed by atoms with Gasteiger partial charge in [0.1, 0.15) is 5.82 Å². The molecular formula is C18H27ClFN3OS. The van der Waals surface area contributed by atoms with E-state index < -0.39 is 5.60 Å². The number of hydrogen-bond donors (Lipinski definition) is 3. The Labute approximate surface area is 158 Å². The summed E-state index contributed by atoms with van der Waals surface area (Å²) >= 11 is 7.97. The molecule has 0 aliphatic carbocycles. The summed E-state index contributed by atoms with van der Waals surface area (Å²) in [6.45, 7) is 7.75. The fraction of sp³-hybridized carbons (Fsp3) is 0.611. The number of benzene rings is 1. The molecule has 3 N–H and O–H groups in total. The van der Waals surface area contributed by atoms with Crippen LogP contribution in [0, 0.1) is 5.82 Å². The Kier molecular flexibility index (Phi) is 7.00. The second kappa shape index (κ2) is 8.60. The highest BCUT2D eigenvalue weighted by Gasteiger charge is 2.31. The Morgan fingerprint density at radius 2 is 2.20 bits per heavy atom. The molecule has 0 spiro atoms. The lowest BCUT2D eigenvalue weighted by Gasteiger charge is -2.26. The van der Waals surface area contributed by atoms with Crippen molar-refractivity contribution in [1.82, 2.24) is 10.6 Å². The van der Waals surface area contributed by atoms with Crippen LogP contribution in [0.4, 0.5) is 4.39 Å². The lowest BCUT2D eigenvalue weighted by molar-refractivity contribution is 0.0724. The van der Waals surface area contributed by atoms with Crippen molar-refractivity contribution >= 4 is 29.3 Å². The van der Waals surface area contributed by atoms with Gasteiger partial charge in [0.15, 0.2) is 5.96 Å². The van der Waals surface area contributed by atoms with Gasteiger partial charge in [0.25, 0.3) is 0 Å². The molecule has 1 unspecified atom stereocenters. The van der Waals surface area contributed by atoms with Crippen LogP contribution < -0.4 is 10.6 Å². The Morgan fingerprint density at radius 3 is 2.80 bits per heavy atom. The molecule has 0 radical (unpaired) electrons. The van der Waals surface area contributed by atoms with Crippen molar-refractivity contribution in [3.8, 4) is 0 Å². The number of rotatable bonds is 6. The largest absolute Gasteiger partial charge is 0.387 e. The van der Waals surface area contributed by atoms with Crippen LogP contribution in [0.3, 0.4) is 0 Å². The lowest BCUT2D eigenvalue weighted by atomic mass is 9.84. The molecule has 1 heterocycles. The van der Waals surface area contributed by atoms with Crippen LogP contribution in [-0.2, 0) is 5.41 Å². The third kappa shape index (κ3) is 5.76. The van der Waals surface area contributed by atoms with E-state index in [0.717, 1.165) is 30.0 Å². The highest BCUT2D eigenvalue weighted by atomic mass is 35.5. The van der Waals surface area contributed by atoms with Gasteiger partial charge in [-0.2, -0.15) is 11.8 Å². The predicted octanol–water partition coefficient (Wildman–Crippen LogP) is 3.18. The molecule has 7 heteroatoms. The molecular weight excluding hydrogens is 361 g/mol. The molecule has 1 aromatic rings. The van der Waals surface area contributed by atoms with Crippen LogP contribution in [0.1, 0.15) is 32.8 Å². The van der Waals surface area contributed by atoms with Crippen molar-refractivity contribution in [3.63, 3.8) is 0 Å². The van der Waals surface area contributed by atoms with Gasteiger partial charge in [-0.25, -0.2) is 4.39 Å². The number of guanidine groups is 1. The first-order valence-corrected chi connectivity index (χ1v) is 10.1. The number of thioether (sulfide) groups is 1. The van der Waals surface area contributed by atoms with Gasteiger partial charge in [0.05, 0.1) is 12.1 Å². The number of hydrogen-bond acceptors (Lipinski definition) is 3. The molecule has 25 heavy (non-hydrogen) atoms. The van der Waals surface area contributed by atoms with E-state index >= 15 is 0 Å². The second-order valence-electron chi connectivity index (χ2n) is 7.08. The number of aliphatic imine (C=N–C) groups is 1. The molecule has 2 rings (SSSR count). The maximum absolute atomic E-state index is 13.3. The average molecular weight is 388 g/mol. The van der Waals surface area contributed by atoms with E-state index in [2.05, 4.69) is 15.6 Å². The Balaban J connectivity index is 2.05. The van der Waals surface area contributed by atoms with Crippen LogP contribution in [0.5, 0.6) is 0 Å². The van der Waals surface area contributed by atoms with Gasteiger partial charge in [-0.15, -0.1) is 0 Å². The van der Waals surface area contributed by atoms with Crippen molar-refractivity contribution in [3.05, 3.63) is 34.6 Å². The number of aliphatic hydroxyl groups is 1. The van der Waals surface area contributed by atoms with Crippen molar-refractivity contribution in [1.29, 1.82) is 0 Å². The standard InChI is InChI=1S/C18H27ClFN3OS/c1-4-21-16(23-11-18(24)7-8-25-12-18)22-10-17(2,3)14-6-5-13(20)9-15(14)19/h5-6,9,24H,4,7-8,10-12H2,1-3H3,(H2,21,22,23). The summed E-state index contributed by atoms with van der Waals surface area (Å²) < 4.78 is 13.3. The molecule has 1 atom stereocenters. The topological polar surface area (TPSA) is 56.7 Å². The summed E-state index contributed by atoms with van der Waals surface area (Å²) in [6, 6.07) is 4.47. The Hall–Kier alpha value is -0.980. The summed E-state index contributed by atoms with van der Waals surface area (Å²) in [6.07, 6.45) is 0.792. The van der Waals surface area contributed by atoms with Gasteiger partial charge >= 0.3 is 0 Å². The molecule has 4 nitrogen and oxygen atoms in total. The van der Waals surface area contributed by atoms with Gasteiger partial charge < -0.3 is 15.7 Å². The summed E-state index contributed by atoms with van der Waals surface area (Å²) in [4.78, 5) is 4.64. The van der Waals surface area contributed by atoms with Gasteiger partial charge in [0.2, 0.25) is 0 Å². The van der Waals surface area contributed by atoms with Crippen LogP contribution >= 0.6 is 23.4 Å². The molecule has 0 saturated carbocycles. The molecule has 1 aromatic carbocycles. The second-order valence-corrected chi connectivity index (χ2v) is 8.60. The fourth-order valence-corrected chi connectivity index (χ4v) is 4.44. The van der Waals surface area contributed by atoms with Gasteiger partial charge in [-0.05, 0) is 36.8 Å². The molecule has 140 valence electrons. The molecule has 0 bridgehead atoms. The molecule has 1 fully saturated rings. The zero-order valence-electron chi connectivity index (χ0n) is 15.0. The first-order valence-electron chi connectivity index (χ1n) is 8.54. The zero-order chi connectivity index (χ0) is 18.5. The van der Waals surface area contributed by atoms with Crippen molar-refractivity contribution in [2.75, 3.05) is 31.1 Å². The van der Waals surface area contributed by atoms with E-state index in [-0.39, 0.29) is 11.2 Å². The quantitative estimate of drug-likeness (QED) is 0.518. The van der Waals surface area contributed by atoms with Crippen LogP contribution in [0.2, 0.25) is 5.02 Å². The van der Waals surface area contributed by atoms with E-state index in [1.807, 2.05) is 20.8 Å². The number of nitrogens with zero attached hydrogens (tertiary/aromatic N) is 1. The highest BCUT2D eigenvalue weighted by molar-refractivity contribution is 7.99. The van der Waals surface area contributed by atoms with Gasteiger partial charge in [0, 0.05) is 29.3 Å². The number of halogens is 2.